The largest absolute Gasteiger partial charge is 0.412 e. The van der Waals surface area contributed by atoms with Crippen LogP contribution in [0, 0.1) is 23.7 Å². The molecule has 0 aromatic carbocycles. The molecule has 2 heterocycles. The van der Waals surface area contributed by atoms with Gasteiger partial charge in [-0.3, -0.25) is 28.9 Å². The monoisotopic (exact) mass is 930 g/mol. The Labute approximate surface area is 391 Å². The molecule has 5 amide bonds. The van der Waals surface area contributed by atoms with Gasteiger partial charge < -0.3 is 44.6 Å². The van der Waals surface area contributed by atoms with Crippen LogP contribution in [0.4, 0.5) is 0 Å². The molecular weight excluding hydrogens is 839 g/mol. The minimum Gasteiger partial charge on any atom is -0.412 e. The summed E-state index contributed by atoms with van der Waals surface area (Å²) >= 11 is 1.59. The molecule has 3 rings (SSSR count). The third-order valence-corrected chi connectivity index (χ3v) is 13.5. The van der Waals surface area contributed by atoms with E-state index in [-0.39, 0.29) is 101 Å². The van der Waals surface area contributed by atoms with Crippen molar-refractivity contribution >= 4 is 53.9 Å². The fourth-order valence-corrected chi connectivity index (χ4v) is 9.68. The summed E-state index contributed by atoms with van der Waals surface area (Å²) in [7, 11) is 8.41. The van der Waals surface area contributed by atoms with Gasteiger partial charge in [-0.2, -0.15) is 0 Å². The Kier molecular flexibility index (Phi) is 33.9. The highest BCUT2D eigenvalue weighted by molar-refractivity contribution is 8.00. The van der Waals surface area contributed by atoms with Crippen LogP contribution in [0.15, 0.2) is 0 Å². The number of methoxy groups -OCH3 is 2. The molecule has 0 spiro atoms. The maximum atomic E-state index is 13.5. The zero-order valence-corrected chi connectivity index (χ0v) is 43.3. The molecule has 15 nitrogen and oxygen atoms in total. The Morgan fingerprint density at radius 3 is 2.02 bits per heavy atom. The molecule has 64 heavy (non-hydrogen) atoms. The second-order valence-corrected chi connectivity index (χ2v) is 18.8. The van der Waals surface area contributed by atoms with E-state index >= 15 is 0 Å². The number of nitrogens with one attached hydrogen (secondary N) is 1. The average Bonchev–Trinajstić information content (AvgIpc) is 3.84. The summed E-state index contributed by atoms with van der Waals surface area (Å²) in [6, 6.07) is -0.454. The Bertz CT molecular complexity index is 1370. The quantitative estimate of drug-likeness (QED) is 0.0623. The average molecular weight is 930 g/mol. The molecule has 374 valence electrons. The predicted molar refractivity (Wildman–Crippen MR) is 258 cm³/mol. The first-order chi connectivity index (χ1) is 30.0. The maximum absolute atomic E-state index is 13.5. The number of thioether (sulfide) groups is 1. The fraction of sp³-hybridized carbons (Fsp3) is 0.854. The van der Waals surface area contributed by atoms with Crippen molar-refractivity contribution in [1.29, 1.82) is 0 Å². The smallest absolute Gasteiger partial charge is 0.242 e. The Hall–Kier alpha value is -2.92. The highest BCUT2D eigenvalue weighted by Gasteiger charge is 2.56. The van der Waals surface area contributed by atoms with E-state index in [4.69, 9.17) is 9.47 Å². The number of likely N-dealkylation sites (tertiary alicyclic amines) is 2. The fourth-order valence-electron chi connectivity index (χ4n) is 8.41. The number of rotatable bonds is 26. The SMILES string of the molecule is CC.CCC.CCCCSC1CC(=O)N(CCCCCC(=O)N(C)C(C=O)C(C)C)C1=O.CC[C@H](C)C(C(CC(=O)N1C2CC2C[C@H]1C(OC)C(C)C=O)OC)N(C)C(=O)CNC.O. The molecule has 1 aliphatic carbocycles. The lowest BCUT2D eigenvalue weighted by Crippen LogP contribution is -2.54. The van der Waals surface area contributed by atoms with Crippen LogP contribution in [0.3, 0.4) is 0 Å². The Morgan fingerprint density at radius 1 is 0.891 bits per heavy atom. The van der Waals surface area contributed by atoms with Gasteiger partial charge in [-0.15, -0.1) is 11.8 Å². The van der Waals surface area contributed by atoms with E-state index in [9.17, 15) is 33.6 Å². The van der Waals surface area contributed by atoms with Gasteiger partial charge in [0.25, 0.3) is 0 Å². The van der Waals surface area contributed by atoms with Gasteiger partial charge in [0, 0.05) is 59.7 Å². The number of carbonyl (C=O) groups excluding carboxylic acids is 7. The van der Waals surface area contributed by atoms with E-state index in [1.807, 2.05) is 39.5 Å². The van der Waals surface area contributed by atoms with Crippen LogP contribution in [0.1, 0.15) is 146 Å². The van der Waals surface area contributed by atoms with E-state index < -0.39 is 6.10 Å². The number of unbranched alkanes of at least 4 members (excludes halogenated alkanes) is 3. The highest BCUT2D eigenvalue weighted by Crippen LogP contribution is 2.50. The van der Waals surface area contributed by atoms with Crippen molar-refractivity contribution in [3.63, 3.8) is 0 Å². The standard InChI is InChI=1S/C23H41N3O5.C20H34N2O4S.C3H8.C2H6.H2O/c1-8-14(2)22(25(5)21(29)12-24-4)19(30-6)11-20(28)26-17-9-16(17)10-18(26)23(31-7)15(3)13-27;1-5-6-12-27-17-13-19(25)22(20(17)26)11-9-7-8-10-18(24)21(4)16(14-23)15(2)3;1-3-2;1-2;/h13-19,22-24H,8-12H2,1-7H3;14-17H,5-13H2,1-4H3;3H2,1-2H3;1-2H3;1H2/t14-,15?,16?,17?,18-,19?,22?,23?;;;;/m0..../s1. The van der Waals surface area contributed by atoms with Crippen molar-refractivity contribution < 1.29 is 48.5 Å². The zero-order chi connectivity index (χ0) is 48.4. The third-order valence-electron chi connectivity index (χ3n) is 12.2. The maximum Gasteiger partial charge on any atom is 0.242 e. The Balaban J connectivity index is 0. The van der Waals surface area contributed by atoms with Crippen molar-refractivity contribution in [2.75, 3.05) is 54.2 Å². The topological polar surface area (TPSA) is 194 Å². The minimum atomic E-state index is -0.406. The molecular formula is C48H91N5O10S. The van der Waals surface area contributed by atoms with E-state index in [1.54, 1.807) is 52.0 Å². The van der Waals surface area contributed by atoms with Crippen LogP contribution in [-0.4, -0.2) is 163 Å². The van der Waals surface area contributed by atoms with Gasteiger partial charge in [0.1, 0.15) is 12.6 Å². The number of carbonyl (C=O) groups is 7. The second kappa shape index (κ2) is 34.4. The number of hydrogen-bond acceptors (Lipinski definition) is 11. The van der Waals surface area contributed by atoms with Crippen LogP contribution in [-0.2, 0) is 43.0 Å². The van der Waals surface area contributed by atoms with Gasteiger partial charge in [0.05, 0.1) is 48.5 Å². The van der Waals surface area contributed by atoms with Crippen molar-refractivity contribution in [3.05, 3.63) is 0 Å². The number of hydrogen-bond donors (Lipinski definition) is 1. The van der Waals surface area contributed by atoms with Crippen LogP contribution in [0.2, 0.25) is 0 Å². The van der Waals surface area contributed by atoms with E-state index in [1.165, 1.54) is 16.2 Å². The van der Waals surface area contributed by atoms with Crippen LogP contribution in [0.25, 0.3) is 0 Å². The number of piperidine rings is 1. The van der Waals surface area contributed by atoms with Crippen LogP contribution >= 0.6 is 11.8 Å². The number of fused-ring (bicyclic) bond motifs is 1. The molecule has 1 saturated carbocycles. The summed E-state index contributed by atoms with van der Waals surface area (Å²) < 4.78 is 11.5. The van der Waals surface area contributed by atoms with E-state index in [0.717, 1.165) is 56.9 Å². The molecule has 0 aromatic heterocycles. The number of nitrogens with zero attached hydrogens (tertiary/aromatic N) is 4. The molecule has 0 bridgehead atoms. The summed E-state index contributed by atoms with van der Waals surface area (Å²) in [4.78, 5) is 91.8. The summed E-state index contributed by atoms with van der Waals surface area (Å²) in [6.07, 6.45) is 10.3. The molecule has 10 atom stereocenters. The van der Waals surface area contributed by atoms with Crippen LogP contribution in [0.5, 0.6) is 0 Å². The van der Waals surface area contributed by atoms with Crippen LogP contribution < -0.4 is 5.32 Å². The summed E-state index contributed by atoms with van der Waals surface area (Å²) in [6.45, 7) is 20.9. The molecule has 0 radical (unpaired) electrons. The summed E-state index contributed by atoms with van der Waals surface area (Å²) in [5.74, 6) is 1.23. The number of aldehydes is 2. The van der Waals surface area contributed by atoms with Crippen molar-refractivity contribution in [2.24, 2.45) is 23.7 Å². The number of ether oxygens (including phenoxy) is 2. The second-order valence-electron chi connectivity index (χ2n) is 17.4. The third kappa shape index (κ3) is 19.5. The lowest BCUT2D eigenvalue weighted by molar-refractivity contribution is -0.145. The van der Waals surface area contributed by atoms with Gasteiger partial charge in [-0.1, -0.05) is 94.9 Å². The molecule has 3 aliphatic rings. The molecule has 3 N–H and O–H groups in total. The molecule has 16 heteroatoms. The highest BCUT2D eigenvalue weighted by atomic mass is 32.2. The molecule has 8 unspecified atom stereocenters. The first kappa shape index (κ1) is 63.2. The number of likely N-dealkylation sites (N-methyl/N-ethyl adjacent to an activating group) is 3. The van der Waals surface area contributed by atoms with Crippen molar-refractivity contribution in [3.8, 4) is 0 Å². The molecule has 2 aliphatic heterocycles. The lowest BCUT2D eigenvalue weighted by atomic mass is 9.90. The number of imide groups is 1. The molecule has 3 fully saturated rings. The molecule has 2 saturated heterocycles. The summed E-state index contributed by atoms with van der Waals surface area (Å²) in [5.41, 5.74) is 0. The lowest BCUT2D eigenvalue weighted by Gasteiger charge is -2.39. The number of amides is 5. The van der Waals surface area contributed by atoms with Gasteiger partial charge in [0.15, 0.2) is 0 Å². The first-order valence-electron chi connectivity index (χ1n) is 23.9. The normalized spacial score (nSPS) is 21.2. The van der Waals surface area contributed by atoms with Gasteiger partial charge in [-0.05, 0) is 62.7 Å². The Morgan fingerprint density at radius 2 is 1.52 bits per heavy atom. The van der Waals surface area contributed by atoms with E-state index in [2.05, 4.69) is 39.9 Å². The van der Waals surface area contributed by atoms with Gasteiger partial charge in [0.2, 0.25) is 29.5 Å². The van der Waals surface area contributed by atoms with Gasteiger partial charge >= 0.3 is 0 Å². The first-order valence-corrected chi connectivity index (χ1v) is 24.9. The zero-order valence-electron chi connectivity index (χ0n) is 42.5. The molecule has 0 aromatic rings. The van der Waals surface area contributed by atoms with E-state index in [0.29, 0.717) is 38.1 Å². The van der Waals surface area contributed by atoms with Gasteiger partial charge in [-0.25, -0.2) is 0 Å². The summed E-state index contributed by atoms with van der Waals surface area (Å²) in [5, 5.41) is 2.69. The van der Waals surface area contributed by atoms with Crippen molar-refractivity contribution in [1.82, 2.24) is 24.9 Å². The minimum absolute atomic E-state index is 0. The van der Waals surface area contributed by atoms with Crippen molar-refractivity contribution in [2.45, 2.75) is 188 Å². The predicted octanol–water partition coefficient (Wildman–Crippen LogP) is 5.83.